The Labute approximate surface area is 127 Å². The molecule has 0 aliphatic heterocycles. The average molecular weight is 300 g/mol. The summed E-state index contributed by atoms with van der Waals surface area (Å²) in [7, 11) is 1.93. The van der Waals surface area contributed by atoms with Gasteiger partial charge >= 0.3 is 0 Å². The quantitative estimate of drug-likeness (QED) is 0.805. The van der Waals surface area contributed by atoms with Crippen LogP contribution in [0.5, 0.6) is 0 Å². The van der Waals surface area contributed by atoms with E-state index < -0.39 is 0 Å². The molecule has 1 N–H and O–H groups in total. The van der Waals surface area contributed by atoms with E-state index in [4.69, 9.17) is 11.6 Å². The average Bonchev–Trinajstić information content (AvgIpc) is 2.78. The van der Waals surface area contributed by atoms with Crippen LogP contribution in [0.2, 0.25) is 5.02 Å². The number of anilines is 1. The number of benzene rings is 1. The minimum atomic E-state index is -0.0614. The summed E-state index contributed by atoms with van der Waals surface area (Å²) in [6.45, 7) is 0. The summed E-state index contributed by atoms with van der Waals surface area (Å²) in [5, 5.41) is 4.52. The molecule has 0 atom stereocenters. The first-order chi connectivity index (χ1) is 10.1. The number of fused-ring (bicyclic) bond motifs is 1. The van der Waals surface area contributed by atoms with Crippen LogP contribution in [0.25, 0.3) is 11.0 Å². The van der Waals surface area contributed by atoms with Crippen LogP contribution in [0.1, 0.15) is 5.56 Å². The molecule has 0 spiro atoms. The van der Waals surface area contributed by atoms with Crippen LogP contribution in [-0.4, -0.2) is 15.5 Å². The van der Waals surface area contributed by atoms with E-state index in [1.54, 1.807) is 30.5 Å². The maximum atomic E-state index is 12.1. The van der Waals surface area contributed by atoms with Gasteiger partial charge in [0, 0.05) is 35.5 Å². The lowest BCUT2D eigenvalue weighted by atomic mass is 10.1. The molecule has 1 aromatic carbocycles. The minimum Gasteiger partial charge on any atom is -0.335 e. The summed E-state index contributed by atoms with van der Waals surface area (Å²) in [5.74, 6) is -0.0614. The summed E-state index contributed by atoms with van der Waals surface area (Å²) < 4.78 is 1.93. The van der Waals surface area contributed by atoms with Gasteiger partial charge in [-0.3, -0.25) is 4.79 Å². The number of rotatable bonds is 3. The molecular weight excluding hydrogens is 286 g/mol. The molecule has 21 heavy (non-hydrogen) atoms. The second-order valence-electron chi connectivity index (χ2n) is 4.87. The Morgan fingerprint density at radius 1 is 1.29 bits per heavy atom. The zero-order valence-electron chi connectivity index (χ0n) is 11.5. The number of amides is 1. The topological polar surface area (TPSA) is 46.9 Å². The van der Waals surface area contributed by atoms with E-state index >= 15 is 0 Å². The highest BCUT2D eigenvalue weighted by molar-refractivity contribution is 6.30. The van der Waals surface area contributed by atoms with Crippen LogP contribution in [0.3, 0.4) is 0 Å². The van der Waals surface area contributed by atoms with Gasteiger partial charge in [0.1, 0.15) is 5.65 Å². The number of carbonyl (C=O) groups excluding carboxylic acids is 1. The van der Waals surface area contributed by atoms with Crippen LogP contribution in [0, 0.1) is 0 Å². The third-order valence-electron chi connectivity index (χ3n) is 3.30. The van der Waals surface area contributed by atoms with E-state index in [1.165, 1.54) is 0 Å². The van der Waals surface area contributed by atoms with Gasteiger partial charge < -0.3 is 9.88 Å². The van der Waals surface area contributed by atoms with Gasteiger partial charge in [0.2, 0.25) is 5.91 Å². The summed E-state index contributed by atoms with van der Waals surface area (Å²) in [4.78, 5) is 16.5. The van der Waals surface area contributed by atoms with Crippen LogP contribution in [0.15, 0.2) is 48.8 Å². The van der Waals surface area contributed by atoms with Crippen molar-refractivity contribution in [2.45, 2.75) is 6.42 Å². The molecule has 0 aliphatic rings. The van der Waals surface area contributed by atoms with E-state index in [2.05, 4.69) is 10.3 Å². The number of hydrogen-bond acceptors (Lipinski definition) is 2. The Kier molecular flexibility index (Phi) is 3.62. The van der Waals surface area contributed by atoms with Gasteiger partial charge in [0.05, 0.1) is 6.42 Å². The van der Waals surface area contributed by atoms with Gasteiger partial charge in [0.25, 0.3) is 0 Å². The van der Waals surface area contributed by atoms with Crippen molar-refractivity contribution in [3.63, 3.8) is 0 Å². The summed E-state index contributed by atoms with van der Waals surface area (Å²) in [5.41, 5.74) is 2.58. The molecule has 0 fully saturated rings. The first kappa shape index (κ1) is 13.6. The lowest BCUT2D eigenvalue weighted by Gasteiger charge is -2.04. The van der Waals surface area contributed by atoms with Crippen molar-refractivity contribution in [2.24, 2.45) is 7.05 Å². The predicted octanol–water partition coefficient (Wildman–Crippen LogP) is 3.41. The lowest BCUT2D eigenvalue weighted by molar-refractivity contribution is -0.115. The van der Waals surface area contributed by atoms with Crippen molar-refractivity contribution in [1.29, 1.82) is 0 Å². The normalized spacial score (nSPS) is 10.8. The third-order valence-corrected chi connectivity index (χ3v) is 3.55. The van der Waals surface area contributed by atoms with Gasteiger partial charge in [-0.1, -0.05) is 11.6 Å². The van der Waals surface area contributed by atoms with Crippen molar-refractivity contribution in [1.82, 2.24) is 9.55 Å². The minimum absolute atomic E-state index is 0.0614. The van der Waals surface area contributed by atoms with Crippen molar-refractivity contribution < 1.29 is 4.79 Å². The highest BCUT2D eigenvalue weighted by Gasteiger charge is 2.11. The second kappa shape index (κ2) is 5.58. The van der Waals surface area contributed by atoms with Crippen LogP contribution < -0.4 is 5.32 Å². The number of aryl methyl sites for hydroxylation is 1. The van der Waals surface area contributed by atoms with Gasteiger partial charge in [-0.05, 0) is 42.0 Å². The highest BCUT2D eigenvalue weighted by Crippen LogP contribution is 2.19. The third kappa shape index (κ3) is 2.90. The Morgan fingerprint density at radius 2 is 2.05 bits per heavy atom. The Balaban J connectivity index is 1.79. The molecule has 0 saturated heterocycles. The predicted molar refractivity (Wildman–Crippen MR) is 84.5 cm³/mol. The number of hydrogen-bond donors (Lipinski definition) is 1. The number of pyridine rings is 1. The van der Waals surface area contributed by atoms with E-state index in [1.807, 2.05) is 29.9 Å². The molecule has 3 rings (SSSR count). The fraction of sp³-hybridized carbons (Fsp3) is 0.125. The lowest BCUT2D eigenvalue weighted by Crippen LogP contribution is -2.14. The largest absolute Gasteiger partial charge is 0.335 e. The standard InChI is InChI=1S/C16H14ClN3O/c1-20-10-11(14-3-2-8-18-16(14)20)9-15(21)19-13-6-4-12(17)5-7-13/h2-8,10H,9H2,1H3,(H,19,21). The fourth-order valence-electron chi connectivity index (χ4n) is 2.35. The molecule has 0 radical (unpaired) electrons. The molecule has 0 bridgehead atoms. The number of aromatic nitrogens is 2. The maximum Gasteiger partial charge on any atom is 0.228 e. The molecule has 3 aromatic rings. The summed E-state index contributed by atoms with van der Waals surface area (Å²) in [6.07, 6.45) is 4.00. The molecule has 0 unspecified atom stereocenters. The van der Waals surface area contributed by atoms with E-state index in [-0.39, 0.29) is 5.91 Å². The van der Waals surface area contributed by atoms with Crippen LogP contribution >= 0.6 is 11.6 Å². The molecule has 2 aromatic heterocycles. The zero-order chi connectivity index (χ0) is 14.8. The van der Waals surface area contributed by atoms with Gasteiger partial charge in [0.15, 0.2) is 0 Å². The van der Waals surface area contributed by atoms with Gasteiger partial charge in [-0.15, -0.1) is 0 Å². The van der Waals surface area contributed by atoms with Gasteiger partial charge in [-0.25, -0.2) is 4.98 Å². The van der Waals surface area contributed by atoms with Crippen molar-refractivity contribution in [3.05, 3.63) is 59.4 Å². The second-order valence-corrected chi connectivity index (χ2v) is 5.31. The molecular formula is C16H14ClN3O. The van der Waals surface area contributed by atoms with E-state index in [0.29, 0.717) is 11.4 Å². The molecule has 106 valence electrons. The molecule has 4 nitrogen and oxygen atoms in total. The Morgan fingerprint density at radius 3 is 2.81 bits per heavy atom. The molecule has 0 saturated carbocycles. The Hall–Kier alpha value is -2.33. The molecule has 5 heteroatoms. The summed E-state index contributed by atoms with van der Waals surface area (Å²) >= 11 is 5.82. The number of nitrogens with zero attached hydrogens (tertiary/aromatic N) is 2. The van der Waals surface area contributed by atoms with E-state index in [9.17, 15) is 4.79 Å². The fourth-order valence-corrected chi connectivity index (χ4v) is 2.47. The smallest absolute Gasteiger partial charge is 0.228 e. The molecule has 1 amide bonds. The van der Waals surface area contributed by atoms with Crippen molar-refractivity contribution in [2.75, 3.05) is 5.32 Å². The zero-order valence-corrected chi connectivity index (χ0v) is 12.3. The van der Waals surface area contributed by atoms with E-state index in [0.717, 1.165) is 22.3 Å². The number of nitrogens with one attached hydrogen (secondary N) is 1. The Bertz CT molecular complexity index is 793. The van der Waals surface area contributed by atoms with Crippen LogP contribution in [-0.2, 0) is 18.3 Å². The number of carbonyl (C=O) groups is 1. The summed E-state index contributed by atoms with van der Waals surface area (Å²) in [6, 6.07) is 10.9. The monoisotopic (exact) mass is 299 g/mol. The van der Waals surface area contributed by atoms with Crippen molar-refractivity contribution in [3.8, 4) is 0 Å². The first-order valence-electron chi connectivity index (χ1n) is 6.58. The van der Waals surface area contributed by atoms with Gasteiger partial charge in [-0.2, -0.15) is 0 Å². The number of halogens is 1. The molecule has 2 heterocycles. The molecule has 0 aliphatic carbocycles. The maximum absolute atomic E-state index is 12.1. The highest BCUT2D eigenvalue weighted by atomic mass is 35.5. The van der Waals surface area contributed by atoms with Crippen LogP contribution in [0.4, 0.5) is 5.69 Å². The van der Waals surface area contributed by atoms with Crippen molar-refractivity contribution >= 4 is 34.2 Å². The first-order valence-corrected chi connectivity index (χ1v) is 6.95. The SMILES string of the molecule is Cn1cc(CC(=O)Nc2ccc(Cl)cc2)c2cccnc21.